The topological polar surface area (TPSA) is 75.2 Å². The lowest BCUT2D eigenvalue weighted by Crippen LogP contribution is -2.47. The summed E-state index contributed by atoms with van der Waals surface area (Å²) in [4.78, 5) is 35.7. The molecule has 4 rings (SSSR count). The Morgan fingerprint density at radius 2 is 1.63 bits per heavy atom. The van der Waals surface area contributed by atoms with Crippen LogP contribution in [0.5, 0.6) is 0 Å². The highest BCUT2D eigenvalue weighted by molar-refractivity contribution is 5.89. The van der Waals surface area contributed by atoms with E-state index < -0.39 is 18.3 Å². The number of carbonyl (C=O) groups excluding carboxylic acids is 2. The number of halogens is 1. The lowest BCUT2D eigenvalue weighted by Gasteiger charge is -2.27. The SMILES string of the molecule is CC(C)c1ccc([C@@H](NC(=O)[C@@H]2C[C@@H](F)CN2C(=O)CCc2cncnc2)c2ccccc2)cc1. The molecule has 0 saturated carbocycles. The van der Waals surface area contributed by atoms with Crippen molar-refractivity contribution in [3.8, 4) is 0 Å². The second-order valence-electron chi connectivity index (χ2n) is 9.32. The van der Waals surface area contributed by atoms with Gasteiger partial charge in [-0.1, -0.05) is 68.4 Å². The molecule has 1 N–H and O–H groups in total. The number of alkyl halides is 1. The van der Waals surface area contributed by atoms with Gasteiger partial charge in [0.2, 0.25) is 11.8 Å². The maximum absolute atomic E-state index is 14.4. The summed E-state index contributed by atoms with van der Waals surface area (Å²) >= 11 is 0. The Morgan fingerprint density at radius 1 is 1.00 bits per heavy atom. The Labute approximate surface area is 205 Å². The zero-order valence-corrected chi connectivity index (χ0v) is 20.1. The normalized spacial score (nSPS) is 18.5. The molecular formula is C28H31FN4O2. The van der Waals surface area contributed by atoms with E-state index in [4.69, 9.17) is 0 Å². The highest BCUT2D eigenvalue weighted by Gasteiger charge is 2.40. The summed E-state index contributed by atoms with van der Waals surface area (Å²) in [6, 6.07) is 16.6. The number of aromatic nitrogens is 2. The third-order valence-corrected chi connectivity index (χ3v) is 6.47. The molecule has 1 aliphatic rings. The first-order valence-corrected chi connectivity index (χ1v) is 12.0. The van der Waals surface area contributed by atoms with Crippen LogP contribution in [-0.2, 0) is 16.0 Å². The van der Waals surface area contributed by atoms with Crippen LogP contribution in [0, 0.1) is 0 Å². The summed E-state index contributed by atoms with van der Waals surface area (Å²) in [6.07, 6.45) is 4.12. The van der Waals surface area contributed by atoms with Crippen LogP contribution in [-0.4, -0.2) is 45.4 Å². The zero-order chi connectivity index (χ0) is 24.8. The Kier molecular flexibility index (Phi) is 7.85. The third-order valence-electron chi connectivity index (χ3n) is 6.47. The molecule has 3 atom stereocenters. The maximum Gasteiger partial charge on any atom is 0.243 e. The van der Waals surface area contributed by atoms with Crippen molar-refractivity contribution in [2.75, 3.05) is 6.54 Å². The number of amides is 2. The molecule has 2 aromatic carbocycles. The van der Waals surface area contributed by atoms with Crippen molar-refractivity contribution in [2.24, 2.45) is 0 Å². The number of nitrogens with one attached hydrogen (secondary N) is 1. The van der Waals surface area contributed by atoms with E-state index in [0.717, 1.165) is 16.7 Å². The second-order valence-corrected chi connectivity index (χ2v) is 9.32. The zero-order valence-electron chi connectivity index (χ0n) is 20.1. The molecule has 0 bridgehead atoms. The molecule has 0 unspecified atom stereocenters. The Hall–Kier alpha value is -3.61. The van der Waals surface area contributed by atoms with Gasteiger partial charge in [0.05, 0.1) is 12.6 Å². The molecule has 2 heterocycles. The molecule has 7 heteroatoms. The van der Waals surface area contributed by atoms with Crippen LogP contribution in [0.25, 0.3) is 0 Å². The van der Waals surface area contributed by atoms with Gasteiger partial charge in [-0.25, -0.2) is 14.4 Å². The van der Waals surface area contributed by atoms with Gasteiger partial charge >= 0.3 is 0 Å². The highest BCUT2D eigenvalue weighted by Crippen LogP contribution is 2.27. The van der Waals surface area contributed by atoms with Gasteiger partial charge < -0.3 is 10.2 Å². The first-order chi connectivity index (χ1) is 16.9. The molecule has 6 nitrogen and oxygen atoms in total. The van der Waals surface area contributed by atoms with Crippen molar-refractivity contribution in [2.45, 2.75) is 57.3 Å². The minimum absolute atomic E-state index is 0.000180. The van der Waals surface area contributed by atoms with Gasteiger partial charge in [-0.2, -0.15) is 0 Å². The fraction of sp³-hybridized carbons (Fsp3) is 0.357. The van der Waals surface area contributed by atoms with Gasteiger partial charge in [0, 0.05) is 25.2 Å². The minimum Gasteiger partial charge on any atom is -0.343 e. The number of hydrogen-bond donors (Lipinski definition) is 1. The molecule has 0 radical (unpaired) electrons. The molecule has 1 fully saturated rings. The lowest BCUT2D eigenvalue weighted by atomic mass is 9.95. The Morgan fingerprint density at radius 3 is 2.29 bits per heavy atom. The van der Waals surface area contributed by atoms with Crippen molar-refractivity contribution >= 4 is 11.8 Å². The van der Waals surface area contributed by atoms with Crippen LogP contribution in [0.1, 0.15) is 60.9 Å². The van der Waals surface area contributed by atoms with E-state index in [0.29, 0.717) is 12.3 Å². The molecule has 3 aromatic rings. The number of nitrogens with zero attached hydrogens (tertiary/aromatic N) is 3. The predicted octanol–water partition coefficient (Wildman–Crippen LogP) is 4.38. The van der Waals surface area contributed by atoms with Crippen molar-refractivity contribution < 1.29 is 14.0 Å². The van der Waals surface area contributed by atoms with Crippen LogP contribution in [0.15, 0.2) is 73.3 Å². The van der Waals surface area contributed by atoms with E-state index in [1.54, 1.807) is 12.4 Å². The first kappa shape index (κ1) is 24.5. The largest absolute Gasteiger partial charge is 0.343 e. The average molecular weight is 475 g/mol. The third kappa shape index (κ3) is 6.10. The van der Waals surface area contributed by atoms with E-state index in [-0.39, 0.29) is 31.2 Å². The van der Waals surface area contributed by atoms with Crippen molar-refractivity contribution in [3.63, 3.8) is 0 Å². The van der Waals surface area contributed by atoms with Gasteiger partial charge in [0.25, 0.3) is 0 Å². The Balaban J connectivity index is 1.51. The van der Waals surface area contributed by atoms with Gasteiger partial charge in [-0.05, 0) is 34.6 Å². The van der Waals surface area contributed by atoms with Crippen molar-refractivity contribution in [1.82, 2.24) is 20.2 Å². The van der Waals surface area contributed by atoms with Crippen LogP contribution < -0.4 is 5.32 Å². The summed E-state index contributed by atoms with van der Waals surface area (Å²) in [5, 5.41) is 3.10. The van der Waals surface area contributed by atoms with Crippen LogP contribution in [0.3, 0.4) is 0 Å². The minimum atomic E-state index is -1.23. The molecule has 0 aliphatic carbocycles. The van der Waals surface area contributed by atoms with E-state index in [9.17, 15) is 14.0 Å². The van der Waals surface area contributed by atoms with Gasteiger partial charge in [0.15, 0.2) is 0 Å². The smallest absolute Gasteiger partial charge is 0.243 e. The van der Waals surface area contributed by atoms with Gasteiger partial charge in [0.1, 0.15) is 18.5 Å². The summed E-state index contributed by atoms with van der Waals surface area (Å²) < 4.78 is 14.4. The molecule has 35 heavy (non-hydrogen) atoms. The number of rotatable bonds is 8. The van der Waals surface area contributed by atoms with Gasteiger partial charge in [-0.3, -0.25) is 9.59 Å². The average Bonchev–Trinajstić information content (AvgIpc) is 3.29. The summed E-state index contributed by atoms with van der Waals surface area (Å²) in [7, 11) is 0. The van der Waals surface area contributed by atoms with E-state index >= 15 is 0 Å². The van der Waals surface area contributed by atoms with Crippen molar-refractivity contribution in [3.05, 3.63) is 95.6 Å². The fourth-order valence-corrected chi connectivity index (χ4v) is 4.48. The summed E-state index contributed by atoms with van der Waals surface area (Å²) in [5.41, 5.74) is 3.90. The highest BCUT2D eigenvalue weighted by atomic mass is 19.1. The van der Waals surface area contributed by atoms with Crippen LogP contribution in [0.2, 0.25) is 0 Å². The van der Waals surface area contributed by atoms with Crippen LogP contribution in [0.4, 0.5) is 4.39 Å². The standard InChI is InChI=1S/C28H31FN4O2/c1-19(2)21-9-11-23(12-10-21)27(22-6-4-3-5-7-22)32-28(35)25-14-24(29)17-33(25)26(34)13-8-20-15-30-18-31-16-20/h3-7,9-12,15-16,18-19,24-25,27H,8,13-14,17H2,1-2H3,(H,32,35)/t24-,25+,27+/m1/s1. The van der Waals surface area contributed by atoms with Crippen LogP contribution >= 0.6 is 0 Å². The number of aryl methyl sites for hydroxylation is 1. The monoisotopic (exact) mass is 474 g/mol. The summed E-state index contributed by atoms with van der Waals surface area (Å²) in [6.45, 7) is 4.20. The van der Waals surface area contributed by atoms with E-state index in [1.165, 1.54) is 16.8 Å². The molecule has 2 amide bonds. The summed E-state index contributed by atoms with van der Waals surface area (Å²) in [5.74, 6) is -0.189. The molecule has 1 aromatic heterocycles. The van der Waals surface area contributed by atoms with Gasteiger partial charge in [-0.15, -0.1) is 0 Å². The molecule has 182 valence electrons. The number of hydrogen-bond acceptors (Lipinski definition) is 4. The maximum atomic E-state index is 14.4. The van der Waals surface area contributed by atoms with Crippen molar-refractivity contribution in [1.29, 1.82) is 0 Å². The second kappa shape index (κ2) is 11.2. The fourth-order valence-electron chi connectivity index (χ4n) is 4.48. The molecule has 1 aliphatic heterocycles. The molecule has 0 spiro atoms. The molecular weight excluding hydrogens is 443 g/mol. The molecule has 1 saturated heterocycles. The number of likely N-dealkylation sites (tertiary alicyclic amines) is 1. The predicted molar refractivity (Wildman–Crippen MR) is 132 cm³/mol. The lowest BCUT2D eigenvalue weighted by molar-refractivity contribution is -0.138. The Bertz CT molecular complexity index is 1120. The quantitative estimate of drug-likeness (QED) is 0.526. The number of carbonyl (C=O) groups is 2. The van der Waals surface area contributed by atoms with E-state index in [1.807, 2.05) is 42.5 Å². The number of benzene rings is 2. The van der Waals surface area contributed by atoms with E-state index in [2.05, 4.69) is 41.3 Å². The first-order valence-electron chi connectivity index (χ1n) is 12.0.